The molecule has 1 aromatic heterocycles. The van der Waals surface area contributed by atoms with E-state index in [-0.39, 0.29) is 27.6 Å². The molecule has 33 heavy (non-hydrogen) atoms. The van der Waals surface area contributed by atoms with Crippen LogP contribution in [-0.4, -0.2) is 62.4 Å². The molecule has 2 heterocycles. The van der Waals surface area contributed by atoms with Gasteiger partial charge in [-0.05, 0) is 49.6 Å². The summed E-state index contributed by atoms with van der Waals surface area (Å²) in [6.07, 6.45) is 1.88. The number of thioether (sulfide) groups is 1. The topological polar surface area (TPSA) is 83.7 Å². The third-order valence-corrected chi connectivity index (χ3v) is 7.61. The summed E-state index contributed by atoms with van der Waals surface area (Å²) in [6, 6.07) is 12.1. The number of aryl methyl sites for hydroxylation is 1. The first-order valence-electron chi connectivity index (χ1n) is 10.4. The monoisotopic (exact) mass is 489 g/mol. The zero-order valence-electron chi connectivity index (χ0n) is 18.3. The van der Waals surface area contributed by atoms with Crippen molar-refractivity contribution in [3.05, 3.63) is 59.9 Å². The number of carbonyl (C=O) groups is 1. The first-order chi connectivity index (χ1) is 15.8. The highest BCUT2D eigenvalue weighted by Crippen LogP contribution is 2.35. The molecule has 4 rings (SSSR count). The summed E-state index contributed by atoms with van der Waals surface area (Å²) in [5.74, 6) is 0.257. The van der Waals surface area contributed by atoms with Crippen molar-refractivity contribution < 1.29 is 22.0 Å². The standard InChI is InChI=1S/C23H24FN3O4S2/c1-16-4-3-5-17(14-16)21-25-22(33(29,30)19-8-6-18(24)7-9-19)23(31-21)27-12-10-26(11-13-27)20(28)15-32-2/h3-9,14H,10-13,15H2,1-2H3. The lowest BCUT2D eigenvalue weighted by molar-refractivity contribution is -0.128. The van der Waals surface area contributed by atoms with E-state index in [1.165, 1.54) is 23.9 Å². The van der Waals surface area contributed by atoms with Crippen molar-refractivity contribution in [2.45, 2.75) is 16.8 Å². The van der Waals surface area contributed by atoms with Gasteiger partial charge in [-0.1, -0.05) is 17.7 Å². The van der Waals surface area contributed by atoms with E-state index in [9.17, 15) is 17.6 Å². The minimum absolute atomic E-state index is 0.0549. The lowest BCUT2D eigenvalue weighted by Gasteiger charge is -2.34. The summed E-state index contributed by atoms with van der Waals surface area (Å²) in [5.41, 5.74) is 1.64. The fraction of sp³-hybridized carbons (Fsp3) is 0.304. The van der Waals surface area contributed by atoms with Crippen LogP contribution in [-0.2, 0) is 14.6 Å². The van der Waals surface area contributed by atoms with Gasteiger partial charge in [-0.15, -0.1) is 0 Å². The Labute approximate surface area is 196 Å². The number of carbonyl (C=O) groups excluding carboxylic acids is 1. The zero-order chi connectivity index (χ0) is 23.6. The highest BCUT2D eigenvalue weighted by atomic mass is 32.2. The van der Waals surface area contributed by atoms with Crippen LogP contribution in [0.2, 0.25) is 0 Å². The third kappa shape index (κ3) is 4.91. The Kier molecular flexibility index (Phi) is 6.76. The SMILES string of the molecule is CSCC(=O)N1CCN(c2oc(-c3cccc(C)c3)nc2S(=O)(=O)c2ccc(F)cc2)CC1. The number of hydrogen-bond acceptors (Lipinski definition) is 7. The number of hydrogen-bond donors (Lipinski definition) is 0. The number of halogens is 1. The quantitative estimate of drug-likeness (QED) is 0.489. The molecule has 1 aliphatic rings. The van der Waals surface area contributed by atoms with Gasteiger partial charge in [-0.2, -0.15) is 16.7 Å². The van der Waals surface area contributed by atoms with Crippen LogP contribution in [0.1, 0.15) is 5.56 Å². The number of benzene rings is 2. The molecule has 0 N–H and O–H groups in total. The smallest absolute Gasteiger partial charge is 0.236 e. The third-order valence-electron chi connectivity index (χ3n) is 5.41. The number of anilines is 1. The second kappa shape index (κ2) is 9.56. The van der Waals surface area contributed by atoms with Gasteiger partial charge in [0.1, 0.15) is 5.82 Å². The van der Waals surface area contributed by atoms with Crippen molar-refractivity contribution in [2.75, 3.05) is 43.1 Å². The van der Waals surface area contributed by atoms with E-state index >= 15 is 0 Å². The van der Waals surface area contributed by atoms with Gasteiger partial charge in [-0.25, -0.2) is 12.8 Å². The van der Waals surface area contributed by atoms with E-state index in [0.29, 0.717) is 37.5 Å². The summed E-state index contributed by atoms with van der Waals surface area (Å²) in [4.78, 5) is 20.1. The Morgan fingerprint density at radius 2 is 1.82 bits per heavy atom. The Morgan fingerprint density at radius 3 is 2.45 bits per heavy atom. The van der Waals surface area contributed by atoms with E-state index in [0.717, 1.165) is 17.7 Å². The second-order valence-electron chi connectivity index (χ2n) is 7.76. The van der Waals surface area contributed by atoms with Crippen molar-refractivity contribution in [1.82, 2.24) is 9.88 Å². The first kappa shape index (κ1) is 23.3. The summed E-state index contributed by atoms with van der Waals surface area (Å²) in [7, 11) is -4.07. The van der Waals surface area contributed by atoms with E-state index in [2.05, 4.69) is 4.98 Å². The largest absolute Gasteiger partial charge is 0.419 e. The molecular formula is C23H24FN3O4S2. The number of aromatic nitrogens is 1. The van der Waals surface area contributed by atoms with Crippen LogP contribution in [0.25, 0.3) is 11.5 Å². The number of nitrogens with zero attached hydrogens (tertiary/aromatic N) is 3. The molecule has 0 radical (unpaired) electrons. The number of amides is 1. The predicted octanol–water partition coefficient (Wildman–Crippen LogP) is 3.63. The Morgan fingerprint density at radius 1 is 1.12 bits per heavy atom. The molecule has 0 bridgehead atoms. The number of sulfone groups is 1. The normalized spacial score (nSPS) is 14.5. The van der Waals surface area contributed by atoms with Gasteiger partial charge >= 0.3 is 0 Å². The predicted molar refractivity (Wildman–Crippen MR) is 126 cm³/mol. The van der Waals surface area contributed by atoms with Gasteiger partial charge in [0.15, 0.2) is 0 Å². The van der Waals surface area contributed by atoms with Gasteiger partial charge in [0.2, 0.25) is 32.5 Å². The minimum atomic E-state index is -4.07. The van der Waals surface area contributed by atoms with Crippen LogP contribution in [0, 0.1) is 12.7 Å². The number of oxazole rings is 1. The molecular weight excluding hydrogens is 465 g/mol. The Bertz CT molecular complexity index is 1250. The highest BCUT2D eigenvalue weighted by Gasteiger charge is 2.33. The van der Waals surface area contributed by atoms with Gasteiger partial charge in [-0.3, -0.25) is 4.79 Å². The molecule has 1 amide bonds. The summed E-state index contributed by atoms with van der Waals surface area (Å²) >= 11 is 1.47. The van der Waals surface area contributed by atoms with E-state index in [4.69, 9.17) is 4.42 Å². The van der Waals surface area contributed by atoms with E-state index < -0.39 is 15.7 Å². The Hall–Kier alpha value is -2.85. The van der Waals surface area contributed by atoms with Crippen LogP contribution < -0.4 is 4.90 Å². The number of rotatable bonds is 6. The second-order valence-corrected chi connectivity index (χ2v) is 10.5. The van der Waals surface area contributed by atoms with E-state index in [1.807, 2.05) is 31.4 Å². The minimum Gasteiger partial charge on any atom is -0.419 e. The van der Waals surface area contributed by atoms with E-state index in [1.54, 1.807) is 15.9 Å². The molecule has 10 heteroatoms. The summed E-state index contributed by atoms with van der Waals surface area (Å²) in [6.45, 7) is 3.66. The maximum atomic E-state index is 13.4. The van der Waals surface area contributed by atoms with Crippen LogP contribution in [0.4, 0.5) is 10.3 Å². The van der Waals surface area contributed by atoms with Crippen molar-refractivity contribution >= 4 is 33.4 Å². The fourth-order valence-corrected chi connectivity index (χ4v) is 5.42. The maximum absolute atomic E-state index is 13.4. The van der Waals surface area contributed by atoms with Crippen LogP contribution in [0.15, 0.2) is 62.9 Å². The molecule has 1 fully saturated rings. The number of piperazine rings is 1. The summed E-state index contributed by atoms with van der Waals surface area (Å²) in [5, 5.41) is -0.213. The molecule has 0 atom stereocenters. The summed E-state index contributed by atoms with van der Waals surface area (Å²) < 4.78 is 46.3. The molecule has 0 aliphatic carbocycles. The van der Waals surface area contributed by atoms with Crippen LogP contribution >= 0.6 is 11.8 Å². The molecule has 3 aromatic rings. The molecule has 7 nitrogen and oxygen atoms in total. The average Bonchev–Trinajstić information content (AvgIpc) is 3.26. The van der Waals surface area contributed by atoms with Crippen molar-refractivity contribution in [1.29, 1.82) is 0 Å². The lowest BCUT2D eigenvalue weighted by Crippen LogP contribution is -2.49. The van der Waals surface area contributed by atoms with Crippen LogP contribution in [0.5, 0.6) is 0 Å². The van der Waals surface area contributed by atoms with Gasteiger partial charge in [0.25, 0.3) is 0 Å². The Balaban J connectivity index is 1.73. The van der Waals surface area contributed by atoms with Crippen molar-refractivity contribution in [3.63, 3.8) is 0 Å². The van der Waals surface area contributed by atoms with Gasteiger partial charge in [0, 0.05) is 31.7 Å². The molecule has 0 unspecified atom stereocenters. The molecule has 1 aliphatic heterocycles. The van der Waals surface area contributed by atoms with Crippen molar-refractivity contribution in [3.8, 4) is 11.5 Å². The highest BCUT2D eigenvalue weighted by molar-refractivity contribution is 7.99. The van der Waals surface area contributed by atoms with Crippen molar-refractivity contribution in [2.24, 2.45) is 0 Å². The fourth-order valence-electron chi connectivity index (χ4n) is 3.67. The molecule has 174 valence electrons. The maximum Gasteiger partial charge on any atom is 0.236 e. The van der Waals surface area contributed by atoms with Gasteiger partial charge < -0.3 is 14.2 Å². The lowest BCUT2D eigenvalue weighted by atomic mass is 10.1. The van der Waals surface area contributed by atoms with Gasteiger partial charge in [0.05, 0.1) is 10.6 Å². The average molecular weight is 490 g/mol. The first-order valence-corrected chi connectivity index (χ1v) is 13.3. The molecule has 0 saturated carbocycles. The molecule has 1 saturated heterocycles. The molecule has 2 aromatic carbocycles. The van der Waals surface area contributed by atoms with Crippen LogP contribution in [0.3, 0.4) is 0 Å². The zero-order valence-corrected chi connectivity index (χ0v) is 20.0. The molecule has 0 spiro atoms.